The van der Waals surface area contributed by atoms with Gasteiger partial charge in [0.15, 0.2) is 0 Å². The van der Waals surface area contributed by atoms with E-state index in [0.29, 0.717) is 38.4 Å². The predicted octanol–water partition coefficient (Wildman–Crippen LogP) is 4.90. The van der Waals surface area contributed by atoms with E-state index in [2.05, 4.69) is 34.1 Å². The van der Waals surface area contributed by atoms with Crippen molar-refractivity contribution in [3.63, 3.8) is 0 Å². The van der Waals surface area contributed by atoms with Gasteiger partial charge in [0.2, 0.25) is 0 Å². The summed E-state index contributed by atoms with van der Waals surface area (Å²) in [5, 5.41) is 0. The molecule has 2 aliphatic heterocycles. The molecule has 6 nitrogen and oxygen atoms in total. The van der Waals surface area contributed by atoms with Crippen LogP contribution in [0.15, 0.2) is 54.7 Å². The van der Waals surface area contributed by atoms with Crippen LogP contribution in [-0.2, 0) is 16.1 Å². The molecule has 2 bridgehead atoms. The van der Waals surface area contributed by atoms with Crippen molar-refractivity contribution in [2.75, 3.05) is 24.6 Å². The fourth-order valence-electron chi connectivity index (χ4n) is 4.48. The molecule has 0 aliphatic carbocycles. The number of aromatic nitrogens is 1. The molecule has 2 fully saturated rings. The molecule has 1 aromatic carbocycles. The number of benzene rings is 1. The van der Waals surface area contributed by atoms with Gasteiger partial charge < -0.3 is 19.3 Å². The number of amides is 1. The SMILES string of the molecule is CC(C)(C)OC(=O)N1CC2CCC(C1)N2c1ccnc(/C=C/COCc2ccccc2)c1. The normalized spacial score (nSPS) is 20.7. The second-order valence-electron chi connectivity index (χ2n) is 9.52. The zero-order valence-corrected chi connectivity index (χ0v) is 19.2. The highest BCUT2D eigenvalue weighted by Crippen LogP contribution is 2.35. The second-order valence-corrected chi connectivity index (χ2v) is 9.52. The van der Waals surface area contributed by atoms with Gasteiger partial charge in [0.25, 0.3) is 0 Å². The molecule has 0 radical (unpaired) electrons. The zero-order chi connectivity index (χ0) is 22.6. The fraction of sp³-hybridized carbons (Fsp3) is 0.462. The molecule has 32 heavy (non-hydrogen) atoms. The number of fused-ring (bicyclic) bond motifs is 2. The van der Waals surface area contributed by atoms with E-state index < -0.39 is 5.60 Å². The monoisotopic (exact) mass is 435 g/mol. The third kappa shape index (κ3) is 5.68. The third-order valence-corrected chi connectivity index (χ3v) is 5.81. The summed E-state index contributed by atoms with van der Waals surface area (Å²) < 4.78 is 11.3. The van der Waals surface area contributed by atoms with Crippen molar-refractivity contribution in [3.05, 3.63) is 66.0 Å². The van der Waals surface area contributed by atoms with Gasteiger partial charge in [0.05, 0.1) is 18.9 Å². The van der Waals surface area contributed by atoms with E-state index >= 15 is 0 Å². The maximum atomic E-state index is 12.5. The highest BCUT2D eigenvalue weighted by Gasteiger charge is 2.42. The molecular weight excluding hydrogens is 402 g/mol. The Labute approximate surface area is 190 Å². The molecule has 0 saturated carbocycles. The van der Waals surface area contributed by atoms with Gasteiger partial charge in [-0.05, 0) is 57.4 Å². The Balaban J connectivity index is 1.34. The highest BCUT2D eigenvalue weighted by atomic mass is 16.6. The van der Waals surface area contributed by atoms with Crippen LogP contribution in [0.2, 0.25) is 0 Å². The molecule has 170 valence electrons. The molecule has 2 saturated heterocycles. The topological polar surface area (TPSA) is 54.9 Å². The van der Waals surface area contributed by atoms with Crippen LogP contribution in [0.5, 0.6) is 0 Å². The van der Waals surface area contributed by atoms with E-state index in [1.165, 1.54) is 11.3 Å². The van der Waals surface area contributed by atoms with Gasteiger partial charge in [-0.25, -0.2) is 4.79 Å². The number of nitrogens with zero attached hydrogens (tertiary/aromatic N) is 3. The summed E-state index contributed by atoms with van der Waals surface area (Å²) >= 11 is 0. The van der Waals surface area contributed by atoms with E-state index in [1.807, 2.05) is 62.2 Å². The lowest BCUT2D eigenvalue weighted by Gasteiger charge is -2.42. The predicted molar refractivity (Wildman–Crippen MR) is 126 cm³/mol. The van der Waals surface area contributed by atoms with Crippen molar-refractivity contribution >= 4 is 17.9 Å². The van der Waals surface area contributed by atoms with Crippen molar-refractivity contribution in [3.8, 4) is 0 Å². The number of carbonyl (C=O) groups is 1. The van der Waals surface area contributed by atoms with Crippen LogP contribution in [0.4, 0.5) is 10.5 Å². The Bertz CT molecular complexity index is 925. The smallest absolute Gasteiger partial charge is 0.410 e. The molecule has 3 heterocycles. The van der Waals surface area contributed by atoms with Crippen LogP contribution in [0.1, 0.15) is 44.9 Å². The fourth-order valence-corrected chi connectivity index (χ4v) is 4.48. The first-order chi connectivity index (χ1) is 15.4. The first-order valence-corrected chi connectivity index (χ1v) is 11.4. The Morgan fingerprint density at radius 1 is 1.12 bits per heavy atom. The van der Waals surface area contributed by atoms with Crippen LogP contribution >= 0.6 is 0 Å². The summed E-state index contributed by atoms with van der Waals surface area (Å²) in [5.74, 6) is 0. The van der Waals surface area contributed by atoms with Crippen LogP contribution < -0.4 is 4.90 Å². The highest BCUT2D eigenvalue weighted by molar-refractivity contribution is 5.69. The number of piperazine rings is 1. The van der Waals surface area contributed by atoms with E-state index in [0.717, 1.165) is 18.5 Å². The van der Waals surface area contributed by atoms with Gasteiger partial charge in [-0.15, -0.1) is 0 Å². The van der Waals surface area contributed by atoms with E-state index in [1.54, 1.807) is 0 Å². The van der Waals surface area contributed by atoms with E-state index in [4.69, 9.17) is 9.47 Å². The summed E-state index contributed by atoms with van der Waals surface area (Å²) in [6, 6.07) is 15.0. The molecule has 2 unspecified atom stereocenters. The number of carbonyl (C=O) groups excluding carboxylic acids is 1. The lowest BCUT2D eigenvalue weighted by molar-refractivity contribution is 0.0209. The molecule has 4 rings (SSSR count). The average Bonchev–Trinajstić information content (AvgIpc) is 3.02. The van der Waals surface area contributed by atoms with E-state index in [-0.39, 0.29) is 6.09 Å². The standard InChI is InChI=1S/C26H33N3O3/c1-26(2,3)32-25(30)28-17-23-11-12-24(18-28)29(23)22-13-14-27-21(16-22)10-7-15-31-19-20-8-5-4-6-9-20/h4-10,13-14,16,23-24H,11-12,15,17-19H2,1-3H3/b10-7+. The van der Waals surface area contributed by atoms with Gasteiger partial charge in [-0.2, -0.15) is 0 Å². The van der Waals surface area contributed by atoms with Crippen molar-refractivity contribution in [1.29, 1.82) is 0 Å². The number of hydrogen-bond donors (Lipinski definition) is 0. The maximum absolute atomic E-state index is 12.5. The van der Waals surface area contributed by atoms with Gasteiger partial charge in [0.1, 0.15) is 5.60 Å². The largest absolute Gasteiger partial charge is 0.444 e. The first kappa shape index (κ1) is 22.3. The molecule has 2 aliphatic rings. The summed E-state index contributed by atoms with van der Waals surface area (Å²) in [6.45, 7) is 8.28. The summed E-state index contributed by atoms with van der Waals surface area (Å²) in [7, 11) is 0. The van der Waals surface area contributed by atoms with Crippen LogP contribution in [0, 0.1) is 0 Å². The number of anilines is 1. The maximum Gasteiger partial charge on any atom is 0.410 e. The molecule has 1 aromatic heterocycles. The Morgan fingerprint density at radius 3 is 2.53 bits per heavy atom. The van der Waals surface area contributed by atoms with E-state index in [9.17, 15) is 4.79 Å². The summed E-state index contributed by atoms with van der Waals surface area (Å²) in [6.07, 6.45) is 7.84. The Morgan fingerprint density at radius 2 is 1.84 bits per heavy atom. The summed E-state index contributed by atoms with van der Waals surface area (Å²) in [5.41, 5.74) is 2.78. The Hall–Kier alpha value is -2.86. The number of pyridine rings is 1. The van der Waals surface area contributed by atoms with Crippen molar-refractivity contribution in [2.24, 2.45) is 0 Å². The van der Waals surface area contributed by atoms with Crippen molar-refractivity contribution in [2.45, 2.75) is 57.9 Å². The average molecular weight is 436 g/mol. The first-order valence-electron chi connectivity index (χ1n) is 11.4. The molecule has 2 atom stereocenters. The second kappa shape index (κ2) is 9.74. The third-order valence-electron chi connectivity index (χ3n) is 5.81. The lowest BCUT2D eigenvalue weighted by Crippen LogP contribution is -2.56. The number of rotatable bonds is 6. The molecule has 0 spiro atoms. The minimum absolute atomic E-state index is 0.206. The molecular formula is C26H33N3O3. The number of ether oxygens (including phenoxy) is 2. The van der Waals surface area contributed by atoms with Gasteiger partial charge in [-0.3, -0.25) is 4.98 Å². The molecule has 2 aromatic rings. The summed E-state index contributed by atoms with van der Waals surface area (Å²) in [4.78, 5) is 21.4. The number of likely N-dealkylation sites (tertiary alicyclic amines) is 1. The van der Waals surface area contributed by atoms with Crippen LogP contribution in [0.25, 0.3) is 6.08 Å². The van der Waals surface area contributed by atoms with Crippen LogP contribution in [-0.4, -0.2) is 53.4 Å². The van der Waals surface area contributed by atoms with Crippen molar-refractivity contribution < 1.29 is 14.3 Å². The van der Waals surface area contributed by atoms with Gasteiger partial charge >= 0.3 is 6.09 Å². The lowest BCUT2D eigenvalue weighted by atomic mass is 10.1. The minimum Gasteiger partial charge on any atom is -0.444 e. The molecule has 6 heteroatoms. The van der Waals surface area contributed by atoms with Crippen LogP contribution in [0.3, 0.4) is 0 Å². The minimum atomic E-state index is -0.468. The van der Waals surface area contributed by atoms with Crippen molar-refractivity contribution in [1.82, 2.24) is 9.88 Å². The number of hydrogen-bond acceptors (Lipinski definition) is 5. The molecule has 0 N–H and O–H groups in total. The van der Waals surface area contributed by atoms with Gasteiger partial charge in [-0.1, -0.05) is 36.4 Å². The Kier molecular flexibility index (Phi) is 6.80. The quantitative estimate of drug-likeness (QED) is 0.604. The van der Waals surface area contributed by atoms with Gasteiger partial charge in [0, 0.05) is 37.1 Å². The zero-order valence-electron chi connectivity index (χ0n) is 19.2. The molecule has 1 amide bonds.